The third-order valence-electron chi connectivity index (χ3n) is 6.10. The summed E-state index contributed by atoms with van der Waals surface area (Å²) in [5.41, 5.74) is 4.54. The van der Waals surface area contributed by atoms with Crippen molar-refractivity contribution in [1.29, 1.82) is 0 Å². The summed E-state index contributed by atoms with van der Waals surface area (Å²) in [6.07, 6.45) is 3.34. The van der Waals surface area contributed by atoms with Gasteiger partial charge in [-0.25, -0.2) is 0 Å². The number of phenolic OH excluding ortho intramolecular Hbond substituents is 1. The van der Waals surface area contributed by atoms with Gasteiger partial charge in [-0.2, -0.15) is 0 Å². The summed E-state index contributed by atoms with van der Waals surface area (Å²) >= 11 is 0. The van der Waals surface area contributed by atoms with E-state index in [1.54, 1.807) is 33.5 Å². The molecule has 0 amide bonds. The lowest BCUT2D eigenvalue weighted by atomic mass is 10.0. The summed E-state index contributed by atoms with van der Waals surface area (Å²) in [4.78, 5) is 0. The molecule has 0 radical (unpaired) electrons. The number of rotatable bonds is 11. The largest absolute Gasteiger partial charge is 0.508 e. The molecule has 5 nitrogen and oxygen atoms in total. The standard InChI is InChI=1S/C31H32O5/c1-33-27-14-11-22(12-15-27)7-8-24-13-16-30(35-3)31(20-24)36-29-19-25(17-26(32)21-29)10-9-23-5-4-6-28(18-23)34-2/h4-6,11-21,32H,7-10H2,1-3H3. The van der Waals surface area contributed by atoms with Crippen LogP contribution >= 0.6 is 0 Å². The highest BCUT2D eigenvalue weighted by Crippen LogP contribution is 2.35. The molecule has 0 spiro atoms. The van der Waals surface area contributed by atoms with Gasteiger partial charge in [0.2, 0.25) is 0 Å². The van der Waals surface area contributed by atoms with Gasteiger partial charge in [0.1, 0.15) is 23.0 Å². The monoisotopic (exact) mass is 484 g/mol. The maximum Gasteiger partial charge on any atom is 0.169 e. The second kappa shape index (κ2) is 12.0. The number of phenols is 1. The SMILES string of the molecule is COc1ccc(CCc2ccc(OC)c(Oc3cc(O)cc(CCc4cccc(OC)c4)c3)c2)cc1. The van der Waals surface area contributed by atoms with E-state index in [9.17, 15) is 5.11 Å². The van der Waals surface area contributed by atoms with E-state index in [0.29, 0.717) is 17.2 Å². The highest BCUT2D eigenvalue weighted by atomic mass is 16.5. The van der Waals surface area contributed by atoms with E-state index in [0.717, 1.165) is 48.3 Å². The fourth-order valence-electron chi connectivity index (χ4n) is 4.13. The van der Waals surface area contributed by atoms with Crippen molar-refractivity contribution in [2.24, 2.45) is 0 Å². The minimum Gasteiger partial charge on any atom is -0.508 e. The first-order chi connectivity index (χ1) is 17.6. The van der Waals surface area contributed by atoms with Gasteiger partial charge in [0.05, 0.1) is 21.3 Å². The maximum atomic E-state index is 10.3. The van der Waals surface area contributed by atoms with Crippen LogP contribution < -0.4 is 18.9 Å². The quantitative estimate of drug-likeness (QED) is 0.254. The van der Waals surface area contributed by atoms with Gasteiger partial charge >= 0.3 is 0 Å². The maximum absolute atomic E-state index is 10.3. The van der Waals surface area contributed by atoms with Gasteiger partial charge in [-0.05, 0) is 96.5 Å². The number of ether oxygens (including phenoxy) is 4. The molecule has 0 unspecified atom stereocenters. The van der Waals surface area contributed by atoms with Gasteiger partial charge in [-0.15, -0.1) is 0 Å². The van der Waals surface area contributed by atoms with Gasteiger partial charge in [-0.3, -0.25) is 0 Å². The van der Waals surface area contributed by atoms with Crippen LogP contribution in [0, 0.1) is 0 Å². The van der Waals surface area contributed by atoms with Crippen LogP contribution in [-0.2, 0) is 25.7 Å². The summed E-state index contributed by atoms with van der Waals surface area (Å²) in [5, 5.41) is 10.3. The average Bonchev–Trinajstić information content (AvgIpc) is 2.91. The number of aryl methyl sites for hydroxylation is 4. The van der Waals surface area contributed by atoms with E-state index in [4.69, 9.17) is 18.9 Å². The number of aromatic hydroxyl groups is 1. The predicted molar refractivity (Wildman–Crippen MR) is 142 cm³/mol. The van der Waals surface area contributed by atoms with E-state index in [2.05, 4.69) is 24.3 Å². The molecule has 0 atom stereocenters. The first-order valence-electron chi connectivity index (χ1n) is 12.0. The Bertz CT molecular complexity index is 1280. The van der Waals surface area contributed by atoms with E-state index in [1.807, 2.05) is 48.5 Å². The van der Waals surface area contributed by atoms with Crippen molar-refractivity contribution in [2.45, 2.75) is 25.7 Å². The van der Waals surface area contributed by atoms with Crippen LogP contribution in [0.5, 0.6) is 34.5 Å². The highest BCUT2D eigenvalue weighted by molar-refractivity contribution is 5.48. The van der Waals surface area contributed by atoms with Crippen molar-refractivity contribution in [3.63, 3.8) is 0 Å². The van der Waals surface area contributed by atoms with Crippen LogP contribution in [0.25, 0.3) is 0 Å². The van der Waals surface area contributed by atoms with Gasteiger partial charge in [0.15, 0.2) is 11.5 Å². The molecule has 0 saturated carbocycles. The lowest BCUT2D eigenvalue weighted by Gasteiger charge is -2.14. The lowest BCUT2D eigenvalue weighted by Crippen LogP contribution is -1.96. The molecule has 5 heteroatoms. The smallest absolute Gasteiger partial charge is 0.169 e. The molecule has 4 rings (SSSR count). The Hall–Kier alpha value is -4.12. The summed E-state index contributed by atoms with van der Waals surface area (Å²) in [5.74, 6) is 3.70. The van der Waals surface area contributed by atoms with Crippen LogP contribution in [0.4, 0.5) is 0 Å². The molecule has 0 heterocycles. The van der Waals surface area contributed by atoms with Crippen molar-refractivity contribution in [3.05, 3.63) is 107 Å². The van der Waals surface area contributed by atoms with Crippen LogP contribution in [-0.4, -0.2) is 26.4 Å². The van der Waals surface area contributed by atoms with Gasteiger partial charge in [0.25, 0.3) is 0 Å². The molecule has 186 valence electrons. The van der Waals surface area contributed by atoms with Crippen molar-refractivity contribution in [1.82, 2.24) is 0 Å². The molecule has 4 aromatic carbocycles. The number of hydrogen-bond donors (Lipinski definition) is 1. The number of hydrogen-bond acceptors (Lipinski definition) is 5. The second-order valence-corrected chi connectivity index (χ2v) is 8.62. The first kappa shape index (κ1) is 25.0. The Morgan fingerprint density at radius 1 is 0.500 bits per heavy atom. The Balaban J connectivity index is 1.46. The van der Waals surface area contributed by atoms with E-state index in [-0.39, 0.29) is 5.75 Å². The minimum atomic E-state index is 0.169. The third kappa shape index (κ3) is 6.72. The fraction of sp³-hybridized carbons (Fsp3) is 0.226. The molecule has 1 N–H and O–H groups in total. The normalized spacial score (nSPS) is 10.6. The van der Waals surface area contributed by atoms with E-state index in [1.165, 1.54) is 11.1 Å². The third-order valence-corrected chi connectivity index (χ3v) is 6.10. The average molecular weight is 485 g/mol. The highest BCUT2D eigenvalue weighted by Gasteiger charge is 2.10. The number of methoxy groups -OCH3 is 3. The van der Waals surface area contributed by atoms with Crippen LogP contribution in [0.15, 0.2) is 84.9 Å². The van der Waals surface area contributed by atoms with Crippen LogP contribution in [0.2, 0.25) is 0 Å². The molecule has 0 aliphatic rings. The zero-order valence-electron chi connectivity index (χ0n) is 21.0. The van der Waals surface area contributed by atoms with Gasteiger partial charge in [0, 0.05) is 6.07 Å². The molecule has 0 aliphatic carbocycles. The van der Waals surface area contributed by atoms with Crippen molar-refractivity contribution in [3.8, 4) is 34.5 Å². The molecular weight excluding hydrogens is 452 g/mol. The Kier molecular flexibility index (Phi) is 8.35. The topological polar surface area (TPSA) is 57.2 Å². The van der Waals surface area contributed by atoms with Crippen molar-refractivity contribution < 1.29 is 24.1 Å². The van der Waals surface area contributed by atoms with Crippen molar-refractivity contribution in [2.75, 3.05) is 21.3 Å². The molecule has 0 bridgehead atoms. The molecule has 0 saturated heterocycles. The second-order valence-electron chi connectivity index (χ2n) is 8.62. The van der Waals surface area contributed by atoms with Crippen LogP contribution in [0.1, 0.15) is 22.3 Å². The van der Waals surface area contributed by atoms with Gasteiger partial charge in [-0.1, -0.05) is 30.3 Å². The summed E-state index contributed by atoms with van der Waals surface area (Å²) in [6.45, 7) is 0. The molecule has 36 heavy (non-hydrogen) atoms. The Morgan fingerprint density at radius 3 is 1.86 bits per heavy atom. The minimum absolute atomic E-state index is 0.169. The molecule has 0 fully saturated rings. The fourth-order valence-corrected chi connectivity index (χ4v) is 4.13. The first-order valence-corrected chi connectivity index (χ1v) is 12.0. The molecule has 0 aliphatic heterocycles. The lowest BCUT2D eigenvalue weighted by molar-refractivity contribution is 0.377. The zero-order chi connectivity index (χ0) is 25.3. The Morgan fingerprint density at radius 2 is 1.14 bits per heavy atom. The van der Waals surface area contributed by atoms with E-state index >= 15 is 0 Å². The van der Waals surface area contributed by atoms with Gasteiger partial charge < -0.3 is 24.1 Å². The predicted octanol–water partition coefficient (Wildman–Crippen LogP) is 6.78. The van der Waals surface area contributed by atoms with E-state index < -0.39 is 0 Å². The van der Waals surface area contributed by atoms with Crippen molar-refractivity contribution >= 4 is 0 Å². The van der Waals surface area contributed by atoms with Crippen LogP contribution in [0.3, 0.4) is 0 Å². The summed E-state index contributed by atoms with van der Waals surface area (Å²) in [6, 6.07) is 27.5. The molecule has 0 aromatic heterocycles. The summed E-state index contributed by atoms with van der Waals surface area (Å²) in [7, 11) is 4.96. The summed E-state index contributed by atoms with van der Waals surface area (Å²) < 4.78 is 22.3. The Labute approximate surface area is 212 Å². The molecular formula is C31H32O5. The molecule has 4 aromatic rings. The number of benzene rings is 4. The zero-order valence-corrected chi connectivity index (χ0v) is 21.0.